The fourth-order valence-corrected chi connectivity index (χ4v) is 1.74. The highest BCUT2D eigenvalue weighted by atomic mass is 19.2. The van der Waals surface area contributed by atoms with Crippen molar-refractivity contribution in [3.05, 3.63) is 29.8 Å². The Morgan fingerprint density at radius 2 is 2.13 bits per heavy atom. The van der Waals surface area contributed by atoms with Gasteiger partial charge < -0.3 is 9.64 Å². The fraction of sp³-hybridized carbons (Fsp3) is 0.455. The molecule has 0 radical (unpaired) electrons. The monoisotopic (exact) mass is 213 g/mol. The van der Waals surface area contributed by atoms with Crippen LogP contribution in [0.5, 0.6) is 5.75 Å². The average Bonchev–Trinajstić information content (AvgIpc) is 2.17. The smallest absolute Gasteiger partial charge is 0.200 e. The van der Waals surface area contributed by atoms with Crippen molar-refractivity contribution in [3.63, 3.8) is 0 Å². The molecule has 0 bridgehead atoms. The van der Waals surface area contributed by atoms with E-state index in [9.17, 15) is 8.78 Å². The molecule has 1 aromatic rings. The first kappa shape index (κ1) is 10.4. The Kier molecular flexibility index (Phi) is 2.86. The van der Waals surface area contributed by atoms with Gasteiger partial charge in [0.05, 0.1) is 6.61 Å². The predicted octanol–water partition coefficient (Wildman–Crippen LogP) is 1.91. The molecule has 1 aliphatic rings. The summed E-state index contributed by atoms with van der Waals surface area (Å²) >= 11 is 0. The maximum Gasteiger partial charge on any atom is 0.200 e. The molecule has 0 unspecified atom stereocenters. The van der Waals surface area contributed by atoms with E-state index in [-0.39, 0.29) is 5.75 Å². The molecule has 1 saturated heterocycles. The van der Waals surface area contributed by atoms with Crippen LogP contribution in [0.15, 0.2) is 18.2 Å². The van der Waals surface area contributed by atoms with Crippen LogP contribution in [0, 0.1) is 17.6 Å². The molecule has 1 aromatic carbocycles. The van der Waals surface area contributed by atoms with E-state index in [1.807, 2.05) is 7.05 Å². The molecule has 1 heterocycles. The van der Waals surface area contributed by atoms with E-state index >= 15 is 0 Å². The zero-order chi connectivity index (χ0) is 10.8. The molecule has 15 heavy (non-hydrogen) atoms. The highest BCUT2D eigenvalue weighted by Gasteiger charge is 2.24. The Labute approximate surface area is 87.5 Å². The van der Waals surface area contributed by atoms with Crippen LogP contribution in [0.1, 0.15) is 0 Å². The average molecular weight is 213 g/mol. The number of benzene rings is 1. The van der Waals surface area contributed by atoms with Crippen LogP contribution in [0.3, 0.4) is 0 Å². The molecule has 0 amide bonds. The van der Waals surface area contributed by atoms with Gasteiger partial charge in [-0.2, -0.15) is 4.39 Å². The van der Waals surface area contributed by atoms with Gasteiger partial charge in [-0.1, -0.05) is 6.07 Å². The summed E-state index contributed by atoms with van der Waals surface area (Å²) in [6.45, 7) is 2.36. The van der Waals surface area contributed by atoms with Crippen LogP contribution in [-0.4, -0.2) is 31.6 Å². The van der Waals surface area contributed by atoms with Crippen LogP contribution >= 0.6 is 0 Å². The molecular weight excluding hydrogens is 200 g/mol. The number of likely N-dealkylation sites (tertiary alicyclic amines) is 1. The van der Waals surface area contributed by atoms with Crippen molar-refractivity contribution in [2.75, 3.05) is 26.7 Å². The molecule has 0 saturated carbocycles. The van der Waals surface area contributed by atoms with E-state index in [1.165, 1.54) is 12.1 Å². The van der Waals surface area contributed by atoms with Crippen molar-refractivity contribution < 1.29 is 13.5 Å². The summed E-state index contributed by atoms with van der Waals surface area (Å²) in [5.41, 5.74) is 0. The molecular formula is C11H13F2NO. The number of ether oxygens (including phenoxy) is 1. The second-order valence-corrected chi connectivity index (χ2v) is 3.95. The number of nitrogens with zero attached hydrogens (tertiary/aromatic N) is 1. The van der Waals surface area contributed by atoms with Crippen LogP contribution in [0.25, 0.3) is 0 Å². The normalized spacial score (nSPS) is 17.5. The molecule has 1 aliphatic heterocycles. The molecule has 82 valence electrons. The van der Waals surface area contributed by atoms with E-state index in [2.05, 4.69) is 4.90 Å². The van der Waals surface area contributed by atoms with Crippen LogP contribution in [0.2, 0.25) is 0 Å². The lowest BCUT2D eigenvalue weighted by atomic mass is 10.0. The third kappa shape index (κ3) is 2.26. The summed E-state index contributed by atoms with van der Waals surface area (Å²) in [6.07, 6.45) is 0. The number of halogens is 2. The molecule has 0 atom stereocenters. The maximum atomic E-state index is 13.1. The van der Waals surface area contributed by atoms with Crippen LogP contribution in [-0.2, 0) is 0 Å². The van der Waals surface area contributed by atoms with Gasteiger partial charge >= 0.3 is 0 Å². The quantitative estimate of drug-likeness (QED) is 0.760. The minimum absolute atomic E-state index is 0.00422. The Morgan fingerprint density at radius 1 is 1.40 bits per heavy atom. The third-order valence-corrected chi connectivity index (χ3v) is 2.53. The summed E-state index contributed by atoms with van der Waals surface area (Å²) in [4.78, 5) is 2.15. The number of hydrogen-bond acceptors (Lipinski definition) is 2. The van der Waals surface area contributed by atoms with Crippen LogP contribution in [0.4, 0.5) is 8.78 Å². The van der Waals surface area contributed by atoms with Crippen molar-refractivity contribution >= 4 is 0 Å². The van der Waals surface area contributed by atoms with E-state index in [1.54, 1.807) is 0 Å². The van der Waals surface area contributed by atoms with Crippen molar-refractivity contribution in [1.82, 2.24) is 4.90 Å². The molecule has 1 fully saturated rings. The van der Waals surface area contributed by atoms with Gasteiger partial charge in [0.25, 0.3) is 0 Å². The fourth-order valence-electron chi connectivity index (χ4n) is 1.74. The minimum Gasteiger partial charge on any atom is -0.490 e. The van der Waals surface area contributed by atoms with Gasteiger partial charge in [0.2, 0.25) is 5.82 Å². The first-order valence-corrected chi connectivity index (χ1v) is 4.92. The van der Waals surface area contributed by atoms with Gasteiger partial charge in [0.1, 0.15) is 0 Å². The Morgan fingerprint density at radius 3 is 2.80 bits per heavy atom. The second-order valence-electron chi connectivity index (χ2n) is 3.95. The SMILES string of the molecule is CN1CC(COc2cccc(F)c2F)C1. The van der Waals surface area contributed by atoms with Crippen molar-refractivity contribution in [3.8, 4) is 5.75 Å². The standard InChI is InChI=1S/C11H13F2NO/c1-14-5-8(6-14)7-15-10-4-2-3-9(12)11(10)13/h2-4,8H,5-7H2,1H3. The lowest BCUT2D eigenvalue weighted by Crippen LogP contribution is -2.46. The van der Waals surface area contributed by atoms with Crippen molar-refractivity contribution in [2.24, 2.45) is 5.92 Å². The summed E-state index contributed by atoms with van der Waals surface area (Å²) in [5.74, 6) is -1.33. The topological polar surface area (TPSA) is 12.5 Å². The zero-order valence-electron chi connectivity index (χ0n) is 8.54. The first-order valence-electron chi connectivity index (χ1n) is 4.92. The lowest BCUT2D eigenvalue weighted by Gasteiger charge is -2.35. The molecule has 0 aliphatic carbocycles. The first-order chi connectivity index (χ1) is 7.16. The van der Waals surface area contributed by atoms with Gasteiger partial charge in [-0.3, -0.25) is 0 Å². The van der Waals surface area contributed by atoms with Crippen molar-refractivity contribution in [1.29, 1.82) is 0 Å². The third-order valence-electron chi connectivity index (χ3n) is 2.53. The van der Waals surface area contributed by atoms with Gasteiger partial charge in [-0.15, -0.1) is 0 Å². The van der Waals surface area contributed by atoms with Crippen LogP contribution < -0.4 is 4.74 Å². The molecule has 2 rings (SSSR count). The van der Waals surface area contributed by atoms with Gasteiger partial charge in [-0.05, 0) is 19.2 Å². The Hall–Kier alpha value is -1.16. The molecule has 4 heteroatoms. The Bertz CT molecular complexity index is 350. The maximum absolute atomic E-state index is 13.1. The van der Waals surface area contributed by atoms with Gasteiger partial charge in [-0.25, -0.2) is 4.39 Å². The molecule has 0 aromatic heterocycles. The molecule has 0 spiro atoms. The van der Waals surface area contributed by atoms with E-state index < -0.39 is 11.6 Å². The van der Waals surface area contributed by atoms with Crippen molar-refractivity contribution in [2.45, 2.75) is 0 Å². The zero-order valence-corrected chi connectivity index (χ0v) is 8.54. The molecule has 0 N–H and O–H groups in total. The summed E-state index contributed by atoms with van der Waals surface area (Å²) in [6, 6.07) is 3.97. The summed E-state index contributed by atoms with van der Waals surface area (Å²) in [5, 5.41) is 0. The van der Waals surface area contributed by atoms with E-state index in [4.69, 9.17) is 4.74 Å². The highest BCUT2D eigenvalue weighted by Crippen LogP contribution is 2.21. The van der Waals surface area contributed by atoms with Gasteiger partial charge in [0, 0.05) is 19.0 Å². The predicted molar refractivity (Wildman–Crippen MR) is 52.8 cm³/mol. The van der Waals surface area contributed by atoms with Gasteiger partial charge in [0.15, 0.2) is 11.6 Å². The van der Waals surface area contributed by atoms with E-state index in [0.717, 1.165) is 19.2 Å². The Balaban J connectivity index is 1.91. The summed E-state index contributed by atoms with van der Waals surface area (Å²) in [7, 11) is 2.01. The largest absolute Gasteiger partial charge is 0.490 e. The lowest BCUT2D eigenvalue weighted by molar-refractivity contribution is 0.0837. The minimum atomic E-state index is -0.898. The number of rotatable bonds is 3. The van der Waals surface area contributed by atoms with E-state index in [0.29, 0.717) is 12.5 Å². The summed E-state index contributed by atoms with van der Waals surface area (Å²) < 4.78 is 31.2. The molecule has 2 nitrogen and oxygen atoms in total. The highest BCUT2D eigenvalue weighted by molar-refractivity contribution is 5.25. The number of hydrogen-bond donors (Lipinski definition) is 0. The second kappa shape index (κ2) is 4.14.